The predicted molar refractivity (Wildman–Crippen MR) is 47.0 cm³/mol. The summed E-state index contributed by atoms with van der Waals surface area (Å²) in [6.07, 6.45) is -0.410. The highest BCUT2D eigenvalue weighted by Crippen LogP contribution is 2.02. The Balaban J connectivity index is 3.87. The molecule has 0 rings (SSSR count). The number of methoxy groups -OCH3 is 1. The molecule has 0 aliphatic rings. The van der Waals surface area contributed by atoms with Crippen molar-refractivity contribution in [1.82, 2.24) is 0 Å². The normalized spacial score (nSPS) is 11.6. The number of hydrogen-bond donors (Lipinski definition) is 0. The molecule has 0 radical (unpaired) electrons. The van der Waals surface area contributed by atoms with E-state index in [0.717, 1.165) is 0 Å². The molecule has 0 aromatic heterocycles. The van der Waals surface area contributed by atoms with Gasteiger partial charge in [0.05, 0.1) is 13.5 Å². The van der Waals surface area contributed by atoms with E-state index >= 15 is 0 Å². The third-order valence-electron chi connectivity index (χ3n) is 1.34. The van der Waals surface area contributed by atoms with Gasteiger partial charge in [-0.25, -0.2) is 4.79 Å². The molecule has 1 unspecified atom stereocenters. The van der Waals surface area contributed by atoms with Crippen LogP contribution < -0.4 is 0 Å². The van der Waals surface area contributed by atoms with E-state index in [-0.39, 0.29) is 6.42 Å². The Morgan fingerprint density at radius 1 is 1.46 bits per heavy atom. The van der Waals surface area contributed by atoms with Gasteiger partial charge in [0.15, 0.2) is 0 Å². The molecule has 0 aromatic carbocycles. The highest BCUT2D eigenvalue weighted by molar-refractivity contribution is 5.87. The van der Waals surface area contributed by atoms with Crippen LogP contribution in [0.2, 0.25) is 0 Å². The van der Waals surface area contributed by atoms with Gasteiger partial charge in [0.2, 0.25) is 0 Å². The molecular weight excluding hydrogens is 172 g/mol. The summed E-state index contributed by atoms with van der Waals surface area (Å²) < 4.78 is 9.26. The van der Waals surface area contributed by atoms with Crippen molar-refractivity contribution < 1.29 is 19.1 Å². The van der Waals surface area contributed by atoms with Crippen LogP contribution in [0.1, 0.15) is 20.3 Å². The zero-order valence-corrected chi connectivity index (χ0v) is 8.12. The molecule has 74 valence electrons. The zero-order chi connectivity index (χ0) is 10.4. The fraction of sp³-hybridized carbons (Fsp3) is 0.556. The van der Waals surface area contributed by atoms with E-state index in [1.165, 1.54) is 7.11 Å². The van der Waals surface area contributed by atoms with Crippen molar-refractivity contribution in [1.29, 1.82) is 0 Å². The van der Waals surface area contributed by atoms with Crippen LogP contribution in [0.5, 0.6) is 0 Å². The van der Waals surface area contributed by atoms with E-state index in [2.05, 4.69) is 11.3 Å². The van der Waals surface area contributed by atoms with Gasteiger partial charge in [-0.15, -0.1) is 0 Å². The molecule has 13 heavy (non-hydrogen) atoms. The van der Waals surface area contributed by atoms with Crippen molar-refractivity contribution in [3.05, 3.63) is 12.2 Å². The largest absolute Gasteiger partial charge is 0.469 e. The number of ether oxygens (including phenoxy) is 2. The lowest BCUT2D eigenvalue weighted by atomic mass is 10.3. The lowest BCUT2D eigenvalue weighted by Gasteiger charge is -2.11. The summed E-state index contributed by atoms with van der Waals surface area (Å²) in [6.45, 7) is 6.59. The number of hydrogen-bond acceptors (Lipinski definition) is 4. The van der Waals surface area contributed by atoms with E-state index < -0.39 is 18.0 Å². The minimum atomic E-state index is -0.489. The Labute approximate surface area is 77.5 Å². The molecule has 0 fully saturated rings. The van der Waals surface area contributed by atoms with Gasteiger partial charge in [0.1, 0.15) is 6.10 Å². The Morgan fingerprint density at radius 2 is 2.00 bits per heavy atom. The van der Waals surface area contributed by atoms with Crippen LogP contribution in [0.3, 0.4) is 0 Å². The van der Waals surface area contributed by atoms with Crippen LogP contribution in [-0.4, -0.2) is 25.2 Å². The Morgan fingerprint density at radius 3 is 2.38 bits per heavy atom. The topological polar surface area (TPSA) is 52.6 Å². The van der Waals surface area contributed by atoms with Crippen molar-refractivity contribution in [2.75, 3.05) is 7.11 Å². The Kier molecular flexibility index (Phi) is 4.80. The molecule has 0 aromatic rings. The summed E-state index contributed by atoms with van der Waals surface area (Å²) in [5.41, 5.74) is 0.316. The van der Waals surface area contributed by atoms with Gasteiger partial charge in [-0.1, -0.05) is 6.58 Å². The van der Waals surface area contributed by atoms with Gasteiger partial charge >= 0.3 is 11.9 Å². The highest BCUT2D eigenvalue weighted by atomic mass is 16.6. The van der Waals surface area contributed by atoms with Crippen LogP contribution >= 0.6 is 0 Å². The highest BCUT2D eigenvalue weighted by Gasteiger charge is 2.13. The molecule has 0 spiro atoms. The number of rotatable bonds is 4. The van der Waals surface area contributed by atoms with Crippen LogP contribution in [-0.2, 0) is 19.1 Å². The standard InChI is InChI=1S/C9H14O4/c1-6(2)9(11)13-7(3)5-8(10)12-4/h7H,1,5H2,2-4H3. The van der Waals surface area contributed by atoms with Gasteiger partial charge < -0.3 is 9.47 Å². The van der Waals surface area contributed by atoms with E-state index in [4.69, 9.17) is 4.74 Å². The molecule has 4 heteroatoms. The van der Waals surface area contributed by atoms with Gasteiger partial charge in [-0.2, -0.15) is 0 Å². The molecule has 0 aliphatic heterocycles. The predicted octanol–water partition coefficient (Wildman–Crippen LogP) is 1.06. The molecule has 0 N–H and O–H groups in total. The summed E-state index contributed by atoms with van der Waals surface area (Å²) in [5, 5.41) is 0. The van der Waals surface area contributed by atoms with Crippen LogP contribution in [0.25, 0.3) is 0 Å². The SMILES string of the molecule is C=C(C)C(=O)OC(C)CC(=O)OC. The summed E-state index contributed by atoms with van der Waals surface area (Å²) in [7, 11) is 1.29. The maximum absolute atomic E-state index is 10.9. The average molecular weight is 186 g/mol. The summed E-state index contributed by atoms with van der Waals surface area (Å²) >= 11 is 0. The summed E-state index contributed by atoms with van der Waals surface area (Å²) in [5.74, 6) is -0.890. The lowest BCUT2D eigenvalue weighted by Crippen LogP contribution is -2.19. The fourth-order valence-electron chi connectivity index (χ4n) is 0.643. The van der Waals surface area contributed by atoms with Gasteiger partial charge in [0, 0.05) is 5.57 Å². The van der Waals surface area contributed by atoms with Crippen LogP contribution in [0, 0.1) is 0 Å². The molecule has 0 saturated carbocycles. The maximum atomic E-state index is 10.9. The second-order valence-corrected chi connectivity index (χ2v) is 2.78. The number of carbonyl (C=O) groups is 2. The minimum Gasteiger partial charge on any atom is -0.469 e. The molecule has 0 amide bonds. The number of esters is 2. The molecule has 4 nitrogen and oxygen atoms in total. The maximum Gasteiger partial charge on any atom is 0.333 e. The Bertz CT molecular complexity index is 220. The van der Waals surface area contributed by atoms with Crippen molar-refractivity contribution >= 4 is 11.9 Å². The summed E-state index contributed by atoms with van der Waals surface area (Å²) in [6, 6.07) is 0. The minimum absolute atomic E-state index is 0.0650. The first-order valence-electron chi connectivity index (χ1n) is 3.90. The van der Waals surface area contributed by atoms with Gasteiger partial charge in [-0.3, -0.25) is 4.79 Å². The second-order valence-electron chi connectivity index (χ2n) is 2.78. The second kappa shape index (κ2) is 5.35. The van der Waals surface area contributed by atoms with Crippen molar-refractivity contribution in [3.63, 3.8) is 0 Å². The van der Waals surface area contributed by atoms with Crippen LogP contribution in [0.15, 0.2) is 12.2 Å². The first-order chi connectivity index (χ1) is 5.97. The lowest BCUT2D eigenvalue weighted by molar-refractivity contribution is -0.149. The third kappa shape index (κ3) is 5.00. The van der Waals surface area contributed by atoms with E-state index in [1.807, 2.05) is 0 Å². The fourth-order valence-corrected chi connectivity index (χ4v) is 0.643. The molecular formula is C9H14O4. The summed E-state index contributed by atoms with van der Waals surface area (Å²) in [4.78, 5) is 21.7. The molecule has 0 aliphatic carbocycles. The Hall–Kier alpha value is -1.32. The van der Waals surface area contributed by atoms with Crippen LogP contribution in [0.4, 0.5) is 0 Å². The van der Waals surface area contributed by atoms with Gasteiger partial charge in [0.25, 0.3) is 0 Å². The molecule has 0 saturated heterocycles. The van der Waals surface area contributed by atoms with E-state index in [9.17, 15) is 9.59 Å². The monoisotopic (exact) mass is 186 g/mol. The first kappa shape index (κ1) is 11.7. The van der Waals surface area contributed by atoms with E-state index in [1.54, 1.807) is 13.8 Å². The van der Waals surface area contributed by atoms with Crippen molar-refractivity contribution in [3.8, 4) is 0 Å². The third-order valence-corrected chi connectivity index (χ3v) is 1.34. The molecule has 1 atom stereocenters. The molecule has 0 bridgehead atoms. The zero-order valence-electron chi connectivity index (χ0n) is 8.12. The van der Waals surface area contributed by atoms with Gasteiger partial charge in [-0.05, 0) is 13.8 Å². The van der Waals surface area contributed by atoms with E-state index in [0.29, 0.717) is 5.57 Å². The van der Waals surface area contributed by atoms with Crippen molar-refractivity contribution in [2.24, 2.45) is 0 Å². The van der Waals surface area contributed by atoms with Crippen molar-refractivity contribution in [2.45, 2.75) is 26.4 Å². The average Bonchev–Trinajstić information content (AvgIpc) is 2.03. The smallest absolute Gasteiger partial charge is 0.333 e. The molecule has 0 heterocycles. The first-order valence-corrected chi connectivity index (χ1v) is 3.90. The quantitative estimate of drug-likeness (QED) is 0.486. The number of carbonyl (C=O) groups excluding carboxylic acids is 2.